The molecule has 1 aliphatic rings. The van der Waals surface area contributed by atoms with Crippen molar-refractivity contribution in [3.63, 3.8) is 0 Å². The van der Waals surface area contributed by atoms with Gasteiger partial charge in [0.25, 0.3) is 0 Å². The average molecular weight is 458 g/mol. The molecule has 1 saturated heterocycles. The third-order valence-corrected chi connectivity index (χ3v) is 6.83. The summed E-state index contributed by atoms with van der Waals surface area (Å²) in [4.78, 5) is 19.3. The number of hydrogen-bond acceptors (Lipinski definition) is 3. The monoisotopic (exact) mass is 457 g/mol. The summed E-state index contributed by atoms with van der Waals surface area (Å²) in [5.74, 6) is 0.798. The van der Waals surface area contributed by atoms with Gasteiger partial charge in [-0.05, 0) is 69.2 Å². The van der Waals surface area contributed by atoms with E-state index in [1.54, 1.807) is 7.05 Å². The minimum atomic E-state index is 0.246. The van der Waals surface area contributed by atoms with E-state index in [-0.39, 0.29) is 5.91 Å². The van der Waals surface area contributed by atoms with Crippen molar-refractivity contribution >= 4 is 11.6 Å². The number of allylic oxidation sites excluding steroid dienone is 1. The van der Waals surface area contributed by atoms with Gasteiger partial charge in [-0.3, -0.25) is 9.79 Å². The van der Waals surface area contributed by atoms with Gasteiger partial charge in [-0.25, -0.2) is 4.68 Å². The Morgan fingerprint density at radius 3 is 2.65 bits per heavy atom. The molecule has 1 aliphatic heterocycles. The number of aryl methyl sites for hydroxylation is 1. The van der Waals surface area contributed by atoms with Crippen LogP contribution in [0.4, 0.5) is 0 Å². The molecule has 0 N–H and O–H groups in total. The average Bonchev–Trinajstić information content (AvgIpc) is 3.41. The van der Waals surface area contributed by atoms with Gasteiger partial charge in [0.1, 0.15) is 5.49 Å². The summed E-state index contributed by atoms with van der Waals surface area (Å²) in [6.07, 6.45) is 5.36. The number of carbonyl (C=O) groups is 1. The lowest BCUT2D eigenvalue weighted by molar-refractivity contribution is -0.130. The van der Waals surface area contributed by atoms with Gasteiger partial charge in [-0.2, -0.15) is 5.10 Å². The van der Waals surface area contributed by atoms with Crippen LogP contribution < -0.4 is 5.49 Å². The van der Waals surface area contributed by atoms with Gasteiger partial charge in [-0.15, -0.1) is 0 Å². The van der Waals surface area contributed by atoms with Crippen LogP contribution in [-0.4, -0.2) is 45.3 Å². The number of rotatable bonds is 7. The van der Waals surface area contributed by atoms with Crippen LogP contribution in [0.2, 0.25) is 0 Å². The maximum Gasteiger partial charge on any atom is 0.222 e. The van der Waals surface area contributed by atoms with Crippen molar-refractivity contribution in [2.24, 2.45) is 10.9 Å². The summed E-state index contributed by atoms with van der Waals surface area (Å²) < 4.78 is 3.92. The first-order chi connectivity index (χ1) is 16.4. The lowest BCUT2D eigenvalue weighted by Crippen LogP contribution is -2.29. The van der Waals surface area contributed by atoms with Gasteiger partial charge in [0.2, 0.25) is 5.91 Å². The van der Waals surface area contributed by atoms with E-state index in [4.69, 9.17) is 5.10 Å². The molecule has 1 atom stereocenters. The van der Waals surface area contributed by atoms with Crippen LogP contribution in [0.5, 0.6) is 0 Å². The smallest absolute Gasteiger partial charge is 0.222 e. The molecule has 0 radical (unpaired) electrons. The number of aromatic nitrogens is 3. The van der Waals surface area contributed by atoms with Gasteiger partial charge in [-0.1, -0.05) is 36.9 Å². The van der Waals surface area contributed by atoms with Crippen LogP contribution in [0.25, 0.3) is 11.4 Å². The zero-order valence-electron chi connectivity index (χ0n) is 20.8. The van der Waals surface area contributed by atoms with Crippen molar-refractivity contribution in [3.05, 3.63) is 83.2 Å². The molecule has 1 unspecified atom stereocenters. The molecule has 0 bridgehead atoms. The Morgan fingerprint density at radius 2 is 1.94 bits per heavy atom. The molecule has 1 amide bonds. The van der Waals surface area contributed by atoms with Crippen LogP contribution in [0, 0.1) is 19.8 Å². The Bertz CT molecular complexity index is 1250. The van der Waals surface area contributed by atoms with Crippen LogP contribution in [0.15, 0.2) is 60.2 Å². The minimum absolute atomic E-state index is 0.246. The predicted molar refractivity (Wildman–Crippen MR) is 137 cm³/mol. The predicted octanol–water partition coefficient (Wildman–Crippen LogP) is 4.34. The third-order valence-electron chi connectivity index (χ3n) is 6.83. The maximum absolute atomic E-state index is 13.0. The summed E-state index contributed by atoms with van der Waals surface area (Å²) in [5.41, 5.74) is 7.25. The molecule has 6 nitrogen and oxygen atoms in total. The van der Waals surface area contributed by atoms with E-state index < -0.39 is 0 Å². The number of benzene rings is 1. The highest BCUT2D eigenvalue weighted by atomic mass is 16.2. The van der Waals surface area contributed by atoms with E-state index in [0.717, 1.165) is 59.8 Å². The third kappa shape index (κ3) is 5.06. The van der Waals surface area contributed by atoms with E-state index in [9.17, 15) is 4.79 Å². The zero-order chi connectivity index (χ0) is 24.2. The fourth-order valence-corrected chi connectivity index (χ4v) is 4.95. The zero-order valence-corrected chi connectivity index (χ0v) is 20.8. The highest BCUT2D eigenvalue weighted by molar-refractivity contribution is 5.76. The molecule has 2 aromatic heterocycles. The first-order valence-electron chi connectivity index (χ1n) is 12.1. The molecule has 0 saturated carbocycles. The molecule has 0 aliphatic carbocycles. The van der Waals surface area contributed by atoms with Gasteiger partial charge in [0.05, 0.1) is 11.4 Å². The molecule has 178 valence electrons. The Balaban J connectivity index is 1.42. The number of amides is 1. The standard InChI is InChI=1S/C28H35N5O/c1-20(2)32-19-25(11-13-27(32)29-5)33-22(4)26(21(3)30-33)12-14-28(34)31-16-15-24(18-31)17-23-9-7-6-8-10-23/h6-11,13,19,24H,1,12,14-18H2,2-5H3/b29-27-. The van der Waals surface area contributed by atoms with Crippen molar-refractivity contribution in [1.82, 2.24) is 19.2 Å². The fraction of sp³-hybridized carbons (Fsp3) is 0.393. The van der Waals surface area contributed by atoms with Crippen LogP contribution in [0.1, 0.15) is 42.3 Å². The number of carbonyl (C=O) groups excluding carboxylic acids is 1. The van der Waals surface area contributed by atoms with E-state index in [2.05, 4.69) is 42.8 Å². The van der Waals surface area contributed by atoms with E-state index in [0.29, 0.717) is 18.8 Å². The highest BCUT2D eigenvalue weighted by Gasteiger charge is 2.26. The largest absolute Gasteiger partial charge is 0.342 e. The SMILES string of the molecule is C=C(C)n1cc(-n2nc(C)c(CCC(=O)N3CCC(Cc4ccccc4)C3)c2C)cc/c1=N/C. The number of pyridine rings is 1. The summed E-state index contributed by atoms with van der Waals surface area (Å²) in [5, 5.41) is 4.79. The minimum Gasteiger partial charge on any atom is -0.342 e. The molecule has 3 aromatic rings. The quantitative estimate of drug-likeness (QED) is 0.530. The van der Waals surface area contributed by atoms with Gasteiger partial charge >= 0.3 is 0 Å². The van der Waals surface area contributed by atoms with Crippen molar-refractivity contribution in [2.75, 3.05) is 20.1 Å². The van der Waals surface area contributed by atoms with E-state index in [1.807, 2.05) is 52.4 Å². The summed E-state index contributed by atoms with van der Waals surface area (Å²) in [6.45, 7) is 11.8. The molecule has 6 heteroatoms. The lowest BCUT2D eigenvalue weighted by Gasteiger charge is -2.17. The molecule has 4 rings (SSSR count). The summed E-state index contributed by atoms with van der Waals surface area (Å²) >= 11 is 0. The Labute approximate surface area is 202 Å². The van der Waals surface area contributed by atoms with Crippen molar-refractivity contribution < 1.29 is 4.79 Å². The lowest BCUT2D eigenvalue weighted by atomic mass is 9.99. The Kier molecular flexibility index (Phi) is 7.15. The summed E-state index contributed by atoms with van der Waals surface area (Å²) in [7, 11) is 1.77. The summed E-state index contributed by atoms with van der Waals surface area (Å²) in [6, 6.07) is 14.6. The van der Waals surface area contributed by atoms with Crippen molar-refractivity contribution in [1.29, 1.82) is 0 Å². The normalized spacial score (nSPS) is 16.3. The van der Waals surface area contributed by atoms with Gasteiger partial charge in [0, 0.05) is 44.1 Å². The van der Waals surface area contributed by atoms with Crippen molar-refractivity contribution in [3.8, 4) is 5.69 Å². The molecule has 1 fully saturated rings. The second-order valence-electron chi connectivity index (χ2n) is 9.32. The number of hydrogen-bond donors (Lipinski definition) is 0. The second kappa shape index (κ2) is 10.2. The number of nitrogens with zero attached hydrogens (tertiary/aromatic N) is 5. The van der Waals surface area contributed by atoms with E-state index in [1.165, 1.54) is 5.56 Å². The molecular weight excluding hydrogens is 422 g/mol. The van der Waals surface area contributed by atoms with Crippen LogP contribution >= 0.6 is 0 Å². The Morgan fingerprint density at radius 1 is 1.18 bits per heavy atom. The number of likely N-dealkylation sites (tertiary alicyclic amines) is 1. The molecule has 34 heavy (non-hydrogen) atoms. The second-order valence-corrected chi connectivity index (χ2v) is 9.32. The highest BCUT2D eigenvalue weighted by Crippen LogP contribution is 2.23. The first kappa shape index (κ1) is 23.7. The molecule has 3 heterocycles. The van der Waals surface area contributed by atoms with Crippen LogP contribution in [0.3, 0.4) is 0 Å². The molecule has 1 aromatic carbocycles. The van der Waals surface area contributed by atoms with Crippen LogP contribution in [-0.2, 0) is 17.6 Å². The van der Waals surface area contributed by atoms with Crippen molar-refractivity contribution in [2.45, 2.75) is 46.5 Å². The Hall–Kier alpha value is -3.41. The topological polar surface area (TPSA) is 55.4 Å². The fourth-order valence-electron chi connectivity index (χ4n) is 4.95. The van der Waals surface area contributed by atoms with Gasteiger partial charge in [0.15, 0.2) is 0 Å². The molecular formula is C28H35N5O. The molecule has 0 spiro atoms. The first-order valence-corrected chi connectivity index (χ1v) is 12.1. The maximum atomic E-state index is 13.0. The van der Waals surface area contributed by atoms with Gasteiger partial charge < -0.3 is 9.47 Å². The van der Waals surface area contributed by atoms with E-state index >= 15 is 0 Å².